The van der Waals surface area contributed by atoms with Crippen molar-refractivity contribution in [2.75, 3.05) is 31.1 Å². The molecule has 164 valence electrons. The fraction of sp³-hybridized carbons (Fsp3) is 0.261. The van der Waals surface area contributed by atoms with Crippen molar-refractivity contribution in [1.29, 1.82) is 0 Å². The van der Waals surface area contributed by atoms with Gasteiger partial charge in [0.1, 0.15) is 29.2 Å². The largest absolute Gasteiger partial charge is 0.507 e. The standard InChI is InChI=1S/C23H19ClF2N4O2/c1-2-17(32)30-10-23(11-30)6-7-29(9-23)22-13-8-14(24)18(20(26)21(13)27-12-28-22)19-15(25)4-3-5-16(19)31/h2-5,8,12,31H,1,6-7,9-11H2. The van der Waals surface area contributed by atoms with E-state index in [1.807, 2.05) is 4.90 Å². The van der Waals surface area contributed by atoms with Gasteiger partial charge < -0.3 is 14.9 Å². The fourth-order valence-electron chi connectivity index (χ4n) is 4.78. The second-order valence-electron chi connectivity index (χ2n) is 8.34. The zero-order chi connectivity index (χ0) is 22.6. The van der Waals surface area contributed by atoms with E-state index in [9.17, 15) is 14.3 Å². The van der Waals surface area contributed by atoms with Crippen LogP contribution < -0.4 is 4.90 Å². The Morgan fingerprint density at radius 1 is 1.22 bits per heavy atom. The van der Waals surface area contributed by atoms with Crippen LogP contribution >= 0.6 is 11.6 Å². The smallest absolute Gasteiger partial charge is 0.245 e. The van der Waals surface area contributed by atoms with Crippen LogP contribution in [0.25, 0.3) is 22.0 Å². The number of rotatable bonds is 3. The van der Waals surface area contributed by atoms with Crippen LogP contribution in [-0.2, 0) is 4.79 Å². The number of carbonyl (C=O) groups excluding carboxylic acids is 1. The Morgan fingerprint density at radius 2 is 2.00 bits per heavy atom. The number of nitrogens with zero attached hydrogens (tertiary/aromatic N) is 4. The number of phenolic OH excluding ortho intramolecular Hbond substituents is 1. The van der Waals surface area contributed by atoms with Crippen LogP contribution in [0.3, 0.4) is 0 Å². The summed E-state index contributed by atoms with van der Waals surface area (Å²) in [6.45, 7) is 6.16. The van der Waals surface area contributed by atoms with Gasteiger partial charge in [-0.15, -0.1) is 0 Å². The molecule has 0 saturated carbocycles. The molecule has 2 aromatic carbocycles. The highest BCUT2D eigenvalue weighted by Crippen LogP contribution is 2.45. The number of hydrogen-bond donors (Lipinski definition) is 1. The minimum absolute atomic E-state index is 0.00456. The SMILES string of the molecule is C=CC(=O)N1CC2(CCN(c3ncnc4c(F)c(-c5c(O)cccc5F)c(Cl)cc34)C2)C1. The van der Waals surface area contributed by atoms with Gasteiger partial charge in [-0.1, -0.05) is 24.2 Å². The van der Waals surface area contributed by atoms with Gasteiger partial charge in [-0.3, -0.25) is 4.79 Å². The van der Waals surface area contributed by atoms with Crippen molar-refractivity contribution in [3.8, 4) is 16.9 Å². The summed E-state index contributed by atoms with van der Waals surface area (Å²) in [5.41, 5.74) is -0.583. The Balaban J connectivity index is 1.53. The van der Waals surface area contributed by atoms with Crippen molar-refractivity contribution in [3.63, 3.8) is 0 Å². The second kappa shape index (κ2) is 7.41. The van der Waals surface area contributed by atoms with Crippen LogP contribution in [0.15, 0.2) is 43.2 Å². The van der Waals surface area contributed by atoms with Crippen LogP contribution in [0, 0.1) is 17.0 Å². The maximum atomic E-state index is 15.5. The molecule has 1 spiro atoms. The van der Waals surface area contributed by atoms with E-state index in [0.29, 0.717) is 37.4 Å². The zero-order valence-corrected chi connectivity index (χ0v) is 17.7. The first-order valence-corrected chi connectivity index (χ1v) is 10.5. The zero-order valence-electron chi connectivity index (χ0n) is 17.0. The molecular formula is C23H19ClF2N4O2. The third-order valence-corrected chi connectivity index (χ3v) is 6.62. The summed E-state index contributed by atoms with van der Waals surface area (Å²) in [6, 6.07) is 5.24. The fourth-order valence-corrected chi connectivity index (χ4v) is 5.07. The lowest BCUT2D eigenvalue weighted by Crippen LogP contribution is -2.59. The van der Waals surface area contributed by atoms with Gasteiger partial charge in [0.15, 0.2) is 5.82 Å². The summed E-state index contributed by atoms with van der Waals surface area (Å²) in [4.78, 5) is 24.0. The topological polar surface area (TPSA) is 69.6 Å². The maximum Gasteiger partial charge on any atom is 0.245 e. The molecule has 0 bridgehead atoms. The molecule has 6 nitrogen and oxygen atoms in total. The Kier molecular flexibility index (Phi) is 4.78. The maximum absolute atomic E-state index is 15.5. The number of phenols is 1. The molecule has 0 atom stereocenters. The monoisotopic (exact) mass is 456 g/mol. The molecule has 0 unspecified atom stereocenters. The molecule has 2 aliphatic rings. The number of anilines is 1. The molecule has 9 heteroatoms. The molecule has 2 saturated heterocycles. The Hall–Kier alpha value is -3.26. The van der Waals surface area contributed by atoms with Crippen LogP contribution in [0.4, 0.5) is 14.6 Å². The van der Waals surface area contributed by atoms with Gasteiger partial charge >= 0.3 is 0 Å². The molecule has 0 aliphatic carbocycles. The lowest BCUT2D eigenvalue weighted by molar-refractivity contribution is -0.136. The summed E-state index contributed by atoms with van der Waals surface area (Å²) in [6.07, 6.45) is 3.45. The van der Waals surface area contributed by atoms with Gasteiger partial charge in [0.2, 0.25) is 5.91 Å². The molecule has 1 amide bonds. The average Bonchev–Trinajstić information content (AvgIpc) is 3.19. The number of aromatic nitrogens is 2. The highest BCUT2D eigenvalue weighted by molar-refractivity contribution is 6.34. The first-order valence-electron chi connectivity index (χ1n) is 10.1. The van der Waals surface area contributed by atoms with Crippen molar-refractivity contribution < 1.29 is 18.7 Å². The predicted molar refractivity (Wildman–Crippen MR) is 118 cm³/mol. The lowest BCUT2D eigenvalue weighted by Gasteiger charge is -2.47. The van der Waals surface area contributed by atoms with Gasteiger partial charge in [0.25, 0.3) is 0 Å². The summed E-state index contributed by atoms with van der Waals surface area (Å²) < 4.78 is 29.9. The van der Waals surface area contributed by atoms with Crippen molar-refractivity contribution in [2.45, 2.75) is 6.42 Å². The van der Waals surface area contributed by atoms with Gasteiger partial charge in [-0.05, 0) is 30.7 Å². The molecule has 2 aliphatic heterocycles. The lowest BCUT2D eigenvalue weighted by atomic mass is 9.79. The van der Waals surface area contributed by atoms with Crippen molar-refractivity contribution in [1.82, 2.24) is 14.9 Å². The number of amides is 1. The number of carbonyl (C=O) groups is 1. The number of likely N-dealkylation sites (tertiary alicyclic amines) is 1. The van der Waals surface area contributed by atoms with Gasteiger partial charge in [-0.25, -0.2) is 18.7 Å². The van der Waals surface area contributed by atoms with Crippen molar-refractivity contribution in [2.24, 2.45) is 5.41 Å². The summed E-state index contributed by atoms with van der Waals surface area (Å²) >= 11 is 6.38. The van der Waals surface area contributed by atoms with E-state index < -0.39 is 17.4 Å². The number of aromatic hydroxyl groups is 1. The number of fused-ring (bicyclic) bond motifs is 1. The quantitative estimate of drug-likeness (QED) is 0.599. The van der Waals surface area contributed by atoms with Crippen molar-refractivity contribution in [3.05, 3.63) is 59.9 Å². The first kappa shape index (κ1) is 20.6. The van der Waals surface area contributed by atoms with Gasteiger partial charge in [0.05, 0.1) is 10.6 Å². The Morgan fingerprint density at radius 3 is 2.72 bits per heavy atom. The molecule has 2 fully saturated rings. The molecule has 3 aromatic rings. The van der Waals surface area contributed by atoms with Crippen LogP contribution in [0.2, 0.25) is 5.02 Å². The van der Waals surface area contributed by atoms with E-state index in [1.165, 1.54) is 30.6 Å². The number of halogens is 3. The molecule has 5 rings (SSSR count). The molecule has 32 heavy (non-hydrogen) atoms. The highest BCUT2D eigenvalue weighted by Gasteiger charge is 2.49. The molecular weight excluding hydrogens is 438 g/mol. The number of hydrogen-bond acceptors (Lipinski definition) is 5. The van der Waals surface area contributed by atoms with Crippen LogP contribution in [0.5, 0.6) is 5.75 Å². The molecule has 1 N–H and O–H groups in total. The average molecular weight is 457 g/mol. The second-order valence-corrected chi connectivity index (χ2v) is 8.75. The normalized spacial score (nSPS) is 17.1. The number of benzene rings is 2. The summed E-state index contributed by atoms with van der Waals surface area (Å²) in [7, 11) is 0. The Labute approximate surface area is 187 Å². The van der Waals surface area contributed by atoms with E-state index >= 15 is 4.39 Å². The highest BCUT2D eigenvalue weighted by atomic mass is 35.5. The molecule has 3 heterocycles. The molecule has 0 radical (unpaired) electrons. The third-order valence-electron chi connectivity index (χ3n) is 6.32. The van der Waals surface area contributed by atoms with Crippen LogP contribution in [-0.4, -0.2) is 52.1 Å². The summed E-state index contributed by atoms with van der Waals surface area (Å²) in [5, 5.41) is 10.5. The summed E-state index contributed by atoms with van der Waals surface area (Å²) in [5.74, 6) is -1.57. The van der Waals surface area contributed by atoms with E-state index in [4.69, 9.17) is 11.6 Å². The van der Waals surface area contributed by atoms with E-state index in [2.05, 4.69) is 16.5 Å². The third kappa shape index (κ3) is 3.09. The van der Waals surface area contributed by atoms with Gasteiger partial charge in [-0.2, -0.15) is 0 Å². The van der Waals surface area contributed by atoms with E-state index in [-0.39, 0.29) is 33.0 Å². The minimum Gasteiger partial charge on any atom is -0.507 e. The van der Waals surface area contributed by atoms with Crippen LogP contribution in [0.1, 0.15) is 6.42 Å². The Bertz CT molecular complexity index is 1260. The van der Waals surface area contributed by atoms with E-state index in [1.54, 1.807) is 4.90 Å². The van der Waals surface area contributed by atoms with Gasteiger partial charge in [0, 0.05) is 42.5 Å². The first-order chi connectivity index (χ1) is 15.3. The minimum atomic E-state index is -0.822. The molecule has 1 aromatic heterocycles. The van der Waals surface area contributed by atoms with E-state index in [0.717, 1.165) is 12.5 Å². The van der Waals surface area contributed by atoms with Crippen molar-refractivity contribution >= 4 is 34.2 Å². The predicted octanol–water partition coefficient (Wildman–Crippen LogP) is 4.16.